The molecule has 1 N–H and O–H groups in total. The monoisotopic (exact) mass is 312 g/mol. The Balaban J connectivity index is 1.94. The molecule has 2 aromatic rings. The molecule has 2 atom stereocenters. The fraction of sp³-hybridized carbons (Fsp3) is 0.278. The van der Waals surface area contributed by atoms with Crippen molar-refractivity contribution in [3.05, 3.63) is 48.2 Å². The zero-order chi connectivity index (χ0) is 16.2. The van der Waals surface area contributed by atoms with Gasteiger partial charge in [0.25, 0.3) is 0 Å². The summed E-state index contributed by atoms with van der Waals surface area (Å²) >= 11 is 0. The lowest BCUT2D eigenvalue weighted by atomic mass is 9.84. The first kappa shape index (κ1) is 14.1. The van der Waals surface area contributed by atoms with E-state index in [1.807, 2.05) is 36.4 Å². The summed E-state index contributed by atoms with van der Waals surface area (Å²) in [5, 5.41) is 12.1. The summed E-state index contributed by atoms with van der Waals surface area (Å²) in [7, 11) is 1.46. The molecule has 1 heterocycles. The first-order chi connectivity index (χ1) is 11.1. The molecular formula is C18H16O5. The topological polar surface area (TPSA) is 65.0 Å². The number of ketones is 1. The Bertz CT molecular complexity index is 798. The van der Waals surface area contributed by atoms with Crippen molar-refractivity contribution in [1.82, 2.24) is 0 Å². The van der Waals surface area contributed by atoms with Crippen LogP contribution in [0.2, 0.25) is 0 Å². The molecular weight excluding hydrogens is 296 g/mol. The maximum absolute atomic E-state index is 11.9. The second-order valence-electron chi connectivity index (χ2n) is 5.83. The molecule has 0 fully saturated rings. The molecule has 118 valence electrons. The van der Waals surface area contributed by atoms with Crippen LogP contribution >= 0.6 is 0 Å². The number of carbonyl (C=O) groups is 1. The maximum atomic E-state index is 11.9. The van der Waals surface area contributed by atoms with Gasteiger partial charge in [0.05, 0.1) is 18.4 Å². The number of hydrogen-bond acceptors (Lipinski definition) is 5. The first-order valence-electron chi connectivity index (χ1n) is 7.44. The quantitative estimate of drug-likeness (QED) is 0.876. The summed E-state index contributed by atoms with van der Waals surface area (Å²) < 4.78 is 17.6. The van der Waals surface area contributed by atoms with Gasteiger partial charge in [0.1, 0.15) is 17.6 Å². The van der Waals surface area contributed by atoms with Crippen LogP contribution in [0.3, 0.4) is 0 Å². The number of aliphatic hydroxyl groups is 1. The van der Waals surface area contributed by atoms with Crippen molar-refractivity contribution in [2.75, 3.05) is 7.11 Å². The van der Waals surface area contributed by atoms with Gasteiger partial charge in [-0.15, -0.1) is 0 Å². The molecule has 0 bridgehead atoms. The van der Waals surface area contributed by atoms with Crippen molar-refractivity contribution in [3.63, 3.8) is 0 Å². The SMILES string of the molecule is COC1=CC(=O)[C@H](O)[C@H](C)C12Oc1cccc3cccc(c13)O2. The van der Waals surface area contributed by atoms with Crippen LogP contribution in [0, 0.1) is 5.92 Å². The Hall–Kier alpha value is -2.53. The third kappa shape index (κ3) is 1.80. The molecule has 1 spiro atoms. The molecule has 0 saturated carbocycles. The van der Waals surface area contributed by atoms with Crippen LogP contribution in [0.15, 0.2) is 48.2 Å². The van der Waals surface area contributed by atoms with E-state index in [1.54, 1.807) is 6.92 Å². The lowest BCUT2D eigenvalue weighted by Crippen LogP contribution is -2.59. The largest absolute Gasteiger partial charge is 0.493 e. The van der Waals surface area contributed by atoms with Gasteiger partial charge in [-0.2, -0.15) is 0 Å². The maximum Gasteiger partial charge on any atom is 0.315 e. The molecule has 4 rings (SSSR count). The Morgan fingerprint density at radius 2 is 1.74 bits per heavy atom. The number of carbonyl (C=O) groups excluding carboxylic acids is 1. The van der Waals surface area contributed by atoms with Gasteiger partial charge in [0, 0.05) is 6.08 Å². The average Bonchev–Trinajstić information content (AvgIpc) is 2.57. The molecule has 5 nitrogen and oxygen atoms in total. The minimum atomic E-state index is -1.36. The fourth-order valence-corrected chi connectivity index (χ4v) is 3.27. The molecule has 2 aliphatic rings. The Morgan fingerprint density at radius 3 is 2.30 bits per heavy atom. The van der Waals surface area contributed by atoms with Crippen molar-refractivity contribution in [1.29, 1.82) is 0 Å². The zero-order valence-electron chi connectivity index (χ0n) is 12.8. The third-order valence-electron chi connectivity index (χ3n) is 4.55. The Kier molecular flexibility index (Phi) is 2.90. The summed E-state index contributed by atoms with van der Waals surface area (Å²) in [5.41, 5.74) is 0. The highest BCUT2D eigenvalue weighted by atomic mass is 16.7. The molecule has 2 aromatic carbocycles. The van der Waals surface area contributed by atoms with E-state index in [1.165, 1.54) is 13.2 Å². The van der Waals surface area contributed by atoms with Crippen molar-refractivity contribution >= 4 is 16.6 Å². The van der Waals surface area contributed by atoms with Crippen molar-refractivity contribution in [2.24, 2.45) is 5.92 Å². The van der Waals surface area contributed by atoms with Gasteiger partial charge in [0.2, 0.25) is 0 Å². The summed E-state index contributed by atoms with van der Waals surface area (Å²) in [6.07, 6.45) is 0.0389. The van der Waals surface area contributed by atoms with E-state index in [0.717, 1.165) is 10.8 Å². The van der Waals surface area contributed by atoms with E-state index in [4.69, 9.17) is 14.2 Å². The van der Waals surface area contributed by atoms with E-state index in [2.05, 4.69) is 0 Å². The van der Waals surface area contributed by atoms with E-state index >= 15 is 0 Å². The van der Waals surface area contributed by atoms with Gasteiger partial charge in [-0.25, -0.2) is 0 Å². The molecule has 23 heavy (non-hydrogen) atoms. The van der Waals surface area contributed by atoms with Crippen LogP contribution in [0.5, 0.6) is 11.5 Å². The second kappa shape index (κ2) is 4.73. The van der Waals surface area contributed by atoms with Gasteiger partial charge in [-0.1, -0.05) is 31.2 Å². The van der Waals surface area contributed by atoms with Crippen LogP contribution in [-0.4, -0.2) is 29.9 Å². The number of rotatable bonds is 1. The van der Waals surface area contributed by atoms with Gasteiger partial charge >= 0.3 is 5.79 Å². The van der Waals surface area contributed by atoms with Crippen LogP contribution in [0.25, 0.3) is 10.8 Å². The summed E-state index contributed by atoms with van der Waals surface area (Å²) in [4.78, 5) is 11.9. The Labute approximate surface area is 133 Å². The highest BCUT2D eigenvalue weighted by Crippen LogP contribution is 2.48. The second-order valence-corrected chi connectivity index (χ2v) is 5.83. The van der Waals surface area contributed by atoms with E-state index < -0.39 is 23.6 Å². The lowest BCUT2D eigenvalue weighted by Gasteiger charge is -2.45. The number of aliphatic hydroxyl groups excluding tert-OH is 1. The minimum Gasteiger partial charge on any atom is -0.493 e. The van der Waals surface area contributed by atoms with Crippen molar-refractivity contribution in [3.8, 4) is 11.5 Å². The number of ether oxygens (including phenoxy) is 3. The highest BCUT2D eigenvalue weighted by molar-refractivity contribution is 5.97. The normalized spacial score (nSPS) is 24.8. The predicted octanol–water partition coefficient (Wildman–Crippen LogP) is 2.42. The van der Waals surface area contributed by atoms with Gasteiger partial charge in [-0.05, 0) is 17.5 Å². The lowest BCUT2D eigenvalue weighted by molar-refractivity contribution is -0.185. The summed E-state index contributed by atoms with van der Waals surface area (Å²) in [6.45, 7) is 1.71. The van der Waals surface area contributed by atoms with E-state index in [0.29, 0.717) is 11.5 Å². The van der Waals surface area contributed by atoms with E-state index in [9.17, 15) is 9.90 Å². The highest BCUT2D eigenvalue weighted by Gasteiger charge is 2.56. The summed E-state index contributed by atoms with van der Waals surface area (Å²) in [5.74, 6) is -0.860. The molecule has 0 aromatic heterocycles. The van der Waals surface area contributed by atoms with Crippen LogP contribution in [0.1, 0.15) is 6.92 Å². The molecule has 0 unspecified atom stereocenters. The molecule has 1 aliphatic heterocycles. The van der Waals surface area contributed by atoms with Gasteiger partial charge < -0.3 is 19.3 Å². The Morgan fingerprint density at radius 1 is 1.13 bits per heavy atom. The zero-order valence-corrected chi connectivity index (χ0v) is 12.8. The molecule has 5 heteroatoms. The first-order valence-corrected chi connectivity index (χ1v) is 7.44. The number of benzene rings is 2. The third-order valence-corrected chi connectivity index (χ3v) is 4.55. The average molecular weight is 312 g/mol. The fourth-order valence-electron chi connectivity index (χ4n) is 3.27. The van der Waals surface area contributed by atoms with Crippen LogP contribution < -0.4 is 9.47 Å². The minimum absolute atomic E-state index is 0.256. The van der Waals surface area contributed by atoms with Gasteiger partial charge in [0.15, 0.2) is 11.5 Å². The smallest absolute Gasteiger partial charge is 0.315 e. The molecule has 1 aliphatic carbocycles. The number of methoxy groups -OCH3 is 1. The van der Waals surface area contributed by atoms with Crippen molar-refractivity contribution < 1.29 is 24.1 Å². The predicted molar refractivity (Wildman–Crippen MR) is 83.2 cm³/mol. The molecule has 0 amide bonds. The van der Waals surface area contributed by atoms with Crippen LogP contribution in [0.4, 0.5) is 0 Å². The number of hydrogen-bond donors (Lipinski definition) is 1. The van der Waals surface area contributed by atoms with Crippen LogP contribution in [-0.2, 0) is 9.53 Å². The molecule has 0 saturated heterocycles. The van der Waals surface area contributed by atoms with Gasteiger partial charge in [-0.3, -0.25) is 4.79 Å². The van der Waals surface area contributed by atoms with Crippen molar-refractivity contribution in [2.45, 2.75) is 18.8 Å². The standard InChI is InChI=1S/C18H16O5/c1-10-17(20)12(19)9-15(21-2)18(10)22-13-7-3-5-11-6-4-8-14(23-18)16(11)13/h3-10,17,20H,1-2H3/t10-,17+/m0/s1. The summed E-state index contributed by atoms with van der Waals surface area (Å²) in [6, 6.07) is 11.4. The molecule has 0 radical (unpaired) electrons. The van der Waals surface area contributed by atoms with E-state index in [-0.39, 0.29) is 5.76 Å².